The van der Waals surface area contributed by atoms with Gasteiger partial charge in [0.1, 0.15) is 5.01 Å². The van der Waals surface area contributed by atoms with Crippen molar-refractivity contribution in [2.45, 2.75) is 25.8 Å². The lowest BCUT2D eigenvalue weighted by atomic mass is 9.99. The molecule has 2 rings (SSSR count). The monoisotopic (exact) mass is 283 g/mol. The Morgan fingerprint density at radius 2 is 2.53 bits per heavy atom. The summed E-state index contributed by atoms with van der Waals surface area (Å²) in [7, 11) is 1.64. The minimum Gasteiger partial charge on any atom is -0.396 e. The summed E-state index contributed by atoms with van der Waals surface area (Å²) in [5.41, 5.74) is 1.03. The van der Waals surface area contributed by atoms with Crippen molar-refractivity contribution in [1.82, 2.24) is 15.2 Å². The highest BCUT2D eigenvalue weighted by atomic mass is 32.1. The highest BCUT2D eigenvalue weighted by molar-refractivity contribution is 7.09. The smallest absolute Gasteiger partial charge is 0.226 e. The van der Waals surface area contributed by atoms with Gasteiger partial charge in [-0.2, -0.15) is 0 Å². The van der Waals surface area contributed by atoms with E-state index < -0.39 is 0 Å². The van der Waals surface area contributed by atoms with Gasteiger partial charge >= 0.3 is 0 Å². The number of carbonyl (C=O) groups is 1. The number of likely N-dealkylation sites (tertiary alicyclic amines) is 1. The molecule has 0 spiro atoms. The second-order valence-electron chi connectivity index (χ2n) is 5.01. The SMILES string of the molecule is CNC(=O)Cc1nc(CN2CCCC(CO)C2)cs1. The van der Waals surface area contributed by atoms with E-state index in [1.807, 2.05) is 5.38 Å². The van der Waals surface area contributed by atoms with Gasteiger partial charge in [-0.25, -0.2) is 4.98 Å². The number of rotatable bonds is 5. The van der Waals surface area contributed by atoms with Crippen molar-refractivity contribution in [1.29, 1.82) is 0 Å². The molecule has 0 aliphatic carbocycles. The van der Waals surface area contributed by atoms with Crippen molar-refractivity contribution >= 4 is 17.2 Å². The Labute approximate surface area is 117 Å². The lowest BCUT2D eigenvalue weighted by molar-refractivity contribution is -0.119. The maximum Gasteiger partial charge on any atom is 0.226 e. The number of piperidine rings is 1. The van der Waals surface area contributed by atoms with E-state index in [9.17, 15) is 9.90 Å². The molecule has 1 aliphatic rings. The summed E-state index contributed by atoms with van der Waals surface area (Å²) in [4.78, 5) is 18.1. The Balaban J connectivity index is 1.87. The molecule has 2 heterocycles. The molecule has 0 radical (unpaired) electrons. The van der Waals surface area contributed by atoms with Crippen LogP contribution in [0, 0.1) is 5.92 Å². The topological polar surface area (TPSA) is 65.5 Å². The molecule has 1 unspecified atom stereocenters. The molecule has 1 aliphatic heterocycles. The van der Waals surface area contributed by atoms with E-state index >= 15 is 0 Å². The fourth-order valence-electron chi connectivity index (χ4n) is 2.40. The van der Waals surface area contributed by atoms with Crippen LogP contribution in [0.15, 0.2) is 5.38 Å². The first-order valence-electron chi connectivity index (χ1n) is 6.68. The predicted molar refractivity (Wildman–Crippen MR) is 75.0 cm³/mol. The Hall–Kier alpha value is -0.980. The van der Waals surface area contributed by atoms with Gasteiger partial charge in [0, 0.05) is 32.1 Å². The summed E-state index contributed by atoms with van der Waals surface area (Å²) in [6, 6.07) is 0. The third-order valence-corrected chi connectivity index (χ3v) is 4.33. The molecule has 0 saturated carbocycles. The summed E-state index contributed by atoms with van der Waals surface area (Å²) in [6.07, 6.45) is 2.62. The van der Waals surface area contributed by atoms with Gasteiger partial charge in [-0.3, -0.25) is 9.69 Å². The molecular formula is C13H21N3O2S. The van der Waals surface area contributed by atoms with Crippen molar-refractivity contribution in [2.75, 3.05) is 26.7 Å². The molecular weight excluding hydrogens is 262 g/mol. The lowest BCUT2D eigenvalue weighted by Gasteiger charge is -2.31. The Kier molecular flexibility index (Phi) is 5.30. The van der Waals surface area contributed by atoms with Crippen LogP contribution in [-0.4, -0.2) is 47.6 Å². The molecule has 0 bridgehead atoms. The van der Waals surface area contributed by atoms with Crippen LogP contribution in [0.25, 0.3) is 0 Å². The number of nitrogens with zero attached hydrogens (tertiary/aromatic N) is 2. The molecule has 1 aromatic heterocycles. The lowest BCUT2D eigenvalue weighted by Crippen LogP contribution is -2.36. The Morgan fingerprint density at radius 1 is 1.68 bits per heavy atom. The standard InChI is InChI=1S/C13H21N3O2S/c1-14-12(18)5-13-15-11(9-19-13)7-16-4-2-3-10(6-16)8-17/h9-10,17H,2-8H2,1H3,(H,14,18). The number of thiazole rings is 1. The molecule has 1 aromatic rings. The molecule has 1 saturated heterocycles. The number of amides is 1. The van der Waals surface area contributed by atoms with Crippen LogP contribution in [0.3, 0.4) is 0 Å². The third-order valence-electron chi connectivity index (χ3n) is 3.44. The van der Waals surface area contributed by atoms with Crippen LogP contribution < -0.4 is 5.32 Å². The number of aliphatic hydroxyl groups is 1. The minimum atomic E-state index is -0.000725. The second-order valence-corrected chi connectivity index (χ2v) is 5.95. The first-order valence-corrected chi connectivity index (χ1v) is 7.56. The number of likely N-dealkylation sites (N-methyl/N-ethyl adjacent to an activating group) is 1. The molecule has 1 fully saturated rings. The van der Waals surface area contributed by atoms with E-state index in [2.05, 4.69) is 15.2 Å². The molecule has 106 valence electrons. The van der Waals surface area contributed by atoms with Crippen molar-refractivity contribution in [2.24, 2.45) is 5.92 Å². The van der Waals surface area contributed by atoms with E-state index in [1.54, 1.807) is 18.4 Å². The van der Waals surface area contributed by atoms with E-state index in [-0.39, 0.29) is 12.5 Å². The maximum absolute atomic E-state index is 11.3. The summed E-state index contributed by atoms with van der Waals surface area (Å²) >= 11 is 1.54. The van der Waals surface area contributed by atoms with Crippen LogP contribution in [0.2, 0.25) is 0 Å². The van der Waals surface area contributed by atoms with Crippen LogP contribution in [0.5, 0.6) is 0 Å². The highest BCUT2D eigenvalue weighted by Crippen LogP contribution is 2.19. The molecule has 2 N–H and O–H groups in total. The first kappa shape index (κ1) is 14.4. The summed E-state index contributed by atoms with van der Waals surface area (Å²) < 4.78 is 0. The van der Waals surface area contributed by atoms with Crippen LogP contribution in [0.1, 0.15) is 23.5 Å². The number of aliphatic hydroxyl groups excluding tert-OH is 1. The number of nitrogens with one attached hydrogen (secondary N) is 1. The number of hydrogen-bond acceptors (Lipinski definition) is 5. The molecule has 0 aromatic carbocycles. The van der Waals surface area contributed by atoms with Gasteiger partial charge in [0.05, 0.1) is 12.1 Å². The molecule has 5 nitrogen and oxygen atoms in total. The zero-order chi connectivity index (χ0) is 13.7. The largest absolute Gasteiger partial charge is 0.396 e. The van der Waals surface area contributed by atoms with Crippen LogP contribution in [0.4, 0.5) is 0 Å². The van der Waals surface area contributed by atoms with Crippen LogP contribution >= 0.6 is 11.3 Å². The fraction of sp³-hybridized carbons (Fsp3) is 0.692. The number of hydrogen-bond donors (Lipinski definition) is 2. The molecule has 1 atom stereocenters. The second kappa shape index (κ2) is 6.98. The van der Waals surface area contributed by atoms with Gasteiger partial charge < -0.3 is 10.4 Å². The molecule has 19 heavy (non-hydrogen) atoms. The molecule has 6 heteroatoms. The van der Waals surface area contributed by atoms with E-state index in [4.69, 9.17) is 0 Å². The number of aromatic nitrogens is 1. The van der Waals surface area contributed by atoms with Crippen molar-refractivity contribution in [3.8, 4) is 0 Å². The number of carbonyl (C=O) groups excluding carboxylic acids is 1. The van der Waals surface area contributed by atoms with Gasteiger partial charge in [0.2, 0.25) is 5.91 Å². The zero-order valence-corrected chi connectivity index (χ0v) is 12.1. The normalized spacial score (nSPS) is 20.4. The van der Waals surface area contributed by atoms with Crippen molar-refractivity contribution in [3.63, 3.8) is 0 Å². The zero-order valence-electron chi connectivity index (χ0n) is 11.3. The van der Waals surface area contributed by atoms with Gasteiger partial charge in [0.25, 0.3) is 0 Å². The van der Waals surface area contributed by atoms with Crippen molar-refractivity contribution < 1.29 is 9.90 Å². The predicted octanol–water partition coefficient (Wildman–Crippen LogP) is 0.636. The van der Waals surface area contributed by atoms with Crippen LogP contribution in [-0.2, 0) is 17.8 Å². The first-order chi connectivity index (χ1) is 9.21. The van der Waals surface area contributed by atoms with Gasteiger partial charge in [0.15, 0.2) is 0 Å². The summed E-state index contributed by atoms with van der Waals surface area (Å²) in [5.74, 6) is 0.400. The molecule has 1 amide bonds. The maximum atomic E-state index is 11.3. The highest BCUT2D eigenvalue weighted by Gasteiger charge is 2.20. The van der Waals surface area contributed by atoms with Gasteiger partial charge in [-0.05, 0) is 25.3 Å². The average Bonchev–Trinajstić information content (AvgIpc) is 2.86. The minimum absolute atomic E-state index is 0.000725. The van der Waals surface area contributed by atoms with E-state index in [0.29, 0.717) is 12.3 Å². The Bertz CT molecular complexity index is 422. The summed E-state index contributed by atoms with van der Waals surface area (Å²) in [6.45, 7) is 3.11. The fourth-order valence-corrected chi connectivity index (χ4v) is 3.19. The van der Waals surface area contributed by atoms with Gasteiger partial charge in [-0.15, -0.1) is 11.3 Å². The Morgan fingerprint density at radius 3 is 3.26 bits per heavy atom. The third kappa shape index (κ3) is 4.26. The van der Waals surface area contributed by atoms with Gasteiger partial charge in [-0.1, -0.05) is 0 Å². The van der Waals surface area contributed by atoms with E-state index in [1.165, 1.54) is 0 Å². The van der Waals surface area contributed by atoms with Crippen molar-refractivity contribution in [3.05, 3.63) is 16.1 Å². The quantitative estimate of drug-likeness (QED) is 0.832. The summed E-state index contributed by atoms with van der Waals surface area (Å²) in [5, 5.41) is 14.7. The average molecular weight is 283 g/mol. The van der Waals surface area contributed by atoms with E-state index in [0.717, 1.165) is 43.2 Å².